The third kappa shape index (κ3) is 4.09. The molecular formula is C18H26O2. The molecule has 1 aliphatic carbocycles. The van der Waals surface area contributed by atoms with Crippen molar-refractivity contribution in [3.05, 3.63) is 35.4 Å². The molecule has 110 valence electrons. The highest BCUT2D eigenvalue weighted by molar-refractivity contribution is 5.72. The Labute approximate surface area is 122 Å². The van der Waals surface area contributed by atoms with E-state index in [0.717, 1.165) is 38.0 Å². The molecule has 1 aromatic rings. The van der Waals surface area contributed by atoms with Crippen molar-refractivity contribution in [1.82, 2.24) is 0 Å². The quantitative estimate of drug-likeness (QED) is 0.754. The molecule has 1 aromatic carbocycles. The number of ether oxygens (including phenoxy) is 1. The number of methoxy groups -OCH3 is 1. The van der Waals surface area contributed by atoms with Crippen molar-refractivity contribution >= 4 is 5.97 Å². The van der Waals surface area contributed by atoms with Crippen molar-refractivity contribution in [2.45, 2.75) is 51.9 Å². The fourth-order valence-electron chi connectivity index (χ4n) is 3.23. The van der Waals surface area contributed by atoms with Crippen LogP contribution in [0.15, 0.2) is 24.3 Å². The number of carbonyl (C=O) groups is 1. The Morgan fingerprint density at radius 3 is 2.25 bits per heavy atom. The zero-order chi connectivity index (χ0) is 14.4. The molecule has 1 saturated carbocycles. The third-order valence-corrected chi connectivity index (χ3v) is 4.47. The minimum absolute atomic E-state index is 0.0210. The lowest BCUT2D eigenvalue weighted by Crippen LogP contribution is -2.23. The Morgan fingerprint density at radius 2 is 1.70 bits per heavy atom. The van der Waals surface area contributed by atoms with E-state index in [1.54, 1.807) is 0 Å². The van der Waals surface area contributed by atoms with Gasteiger partial charge in [0.25, 0.3) is 0 Å². The van der Waals surface area contributed by atoms with Gasteiger partial charge < -0.3 is 4.74 Å². The van der Waals surface area contributed by atoms with Gasteiger partial charge in [0.15, 0.2) is 0 Å². The van der Waals surface area contributed by atoms with Gasteiger partial charge in [0.05, 0.1) is 13.0 Å². The monoisotopic (exact) mass is 274 g/mol. The van der Waals surface area contributed by atoms with Crippen molar-refractivity contribution < 1.29 is 9.53 Å². The maximum atomic E-state index is 11.5. The molecule has 0 aliphatic heterocycles. The van der Waals surface area contributed by atoms with Crippen LogP contribution in [0.3, 0.4) is 0 Å². The van der Waals surface area contributed by atoms with E-state index >= 15 is 0 Å². The first-order chi connectivity index (χ1) is 9.72. The van der Waals surface area contributed by atoms with Crippen molar-refractivity contribution in [2.24, 2.45) is 11.8 Å². The molecule has 1 fully saturated rings. The molecule has 1 aliphatic rings. The highest BCUT2D eigenvalue weighted by Gasteiger charge is 2.26. The van der Waals surface area contributed by atoms with Gasteiger partial charge in [-0.15, -0.1) is 0 Å². The predicted molar refractivity (Wildman–Crippen MR) is 81.6 cm³/mol. The van der Waals surface area contributed by atoms with Gasteiger partial charge in [-0.2, -0.15) is 0 Å². The van der Waals surface area contributed by atoms with Gasteiger partial charge in [-0.25, -0.2) is 0 Å². The number of rotatable bonds is 5. The lowest BCUT2D eigenvalue weighted by atomic mass is 9.79. The Hall–Kier alpha value is -1.31. The van der Waals surface area contributed by atoms with E-state index in [0.29, 0.717) is 0 Å². The number of hydrogen-bond donors (Lipinski definition) is 0. The second-order valence-corrected chi connectivity index (χ2v) is 6.01. The van der Waals surface area contributed by atoms with Crippen LogP contribution in [0.1, 0.15) is 50.2 Å². The average Bonchev–Trinajstić information content (AvgIpc) is 2.49. The molecule has 0 saturated heterocycles. The smallest absolute Gasteiger partial charge is 0.308 e. The van der Waals surface area contributed by atoms with E-state index in [2.05, 4.69) is 31.2 Å². The van der Waals surface area contributed by atoms with Crippen LogP contribution < -0.4 is 0 Å². The van der Waals surface area contributed by atoms with Crippen molar-refractivity contribution in [1.29, 1.82) is 0 Å². The fraction of sp³-hybridized carbons (Fsp3) is 0.611. The Morgan fingerprint density at radius 1 is 1.10 bits per heavy atom. The number of esters is 1. The Balaban J connectivity index is 1.81. The number of carbonyl (C=O) groups excluding carboxylic acids is 1. The second-order valence-electron chi connectivity index (χ2n) is 6.01. The lowest BCUT2D eigenvalue weighted by molar-refractivity contribution is -0.146. The molecule has 0 atom stereocenters. The van der Waals surface area contributed by atoms with Crippen LogP contribution in [-0.2, 0) is 22.4 Å². The largest absolute Gasteiger partial charge is 0.469 e. The van der Waals surface area contributed by atoms with Gasteiger partial charge in [0.2, 0.25) is 0 Å². The summed E-state index contributed by atoms with van der Waals surface area (Å²) in [5, 5.41) is 0. The average molecular weight is 274 g/mol. The molecule has 0 amide bonds. The van der Waals surface area contributed by atoms with Gasteiger partial charge >= 0.3 is 5.97 Å². The van der Waals surface area contributed by atoms with Crippen LogP contribution >= 0.6 is 0 Å². The van der Waals surface area contributed by atoms with Gasteiger partial charge in [-0.3, -0.25) is 4.79 Å². The summed E-state index contributed by atoms with van der Waals surface area (Å²) in [6.45, 7) is 2.22. The molecule has 20 heavy (non-hydrogen) atoms. The fourth-order valence-corrected chi connectivity index (χ4v) is 3.23. The maximum Gasteiger partial charge on any atom is 0.308 e. The molecule has 0 bridgehead atoms. The van der Waals surface area contributed by atoms with E-state index in [1.165, 1.54) is 31.1 Å². The maximum absolute atomic E-state index is 11.5. The lowest BCUT2D eigenvalue weighted by Gasteiger charge is -2.26. The van der Waals surface area contributed by atoms with E-state index < -0.39 is 0 Å². The summed E-state index contributed by atoms with van der Waals surface area (Å²) in [5.41, 5.74) is 2.87. The zero-order valence-corrected chi connectivity index (χ0v) is 12.7. The van der Waals surface area contributed by atoms with Crippen molar-refractivity contribution in [2.75, 3.05) is 7.11 Å². The Bertz CT molecular complexity index is 414. The summed E-state index contributed by atoms with van der Waals surface area (Å²) >= 11 is 0. The SMILES string of the molecule is CCCc1ccc(CC2CCC(C(=O)OC)CC2)cc1. The highest BCUT2D eigenvalue weighted by Crippen LogP contribution is 2.31. The van der Waals surface area contributed by atoms with Gasteiger partial charge in [0.1, 0.15) is 0 Å². The van der Waals surface area contributed by atoms with Crippen molar-refractivity contribution in [3.8, 4) is 0 Å². The summed E-state index contributed by atoms with van der Waals surface area (Å²) in [6.07, 6.45) is 7.81. The van der Waals surface area contributed by atoms with Crippen LogP contribution in [0.2, 0.25) is 0 Å². The molecule has 0 N–H and O–H groups in total. The summed E-state index contributed by atoms with van der Waals surface area (Å²) < 4.78 is 4.84. The minimum Gasteiger partial charge on any atom is -0.469 e. The first-order valence-electron chi connectivity index (χ1n) is 7.88. The number of aryl methyl sites for hydroxylation is 1. The molecule has 2 rings (SSSR count). The van der Waals surface area contributed by atoms with Crippen LogP contribution in [0.25, 0.3) is 0 Å². The normalized spacial score (nSPS) is 22.5. The second kappa shape index (κ2) is 7.47. The molecular weight excluding hydrogens is 248 g/mol. The van der Waals surface area contributed by atoms with Gasteiger partial charge in [-0.05, 0) is 55.6 Å². The molecule has 0 radical (unpaired) electrons. The minimum atomic E-state index is -0.0210. The molecule has 2 heteroatoms. The predicted octanol–water partition coefficient (Wildman–Crippen LogP) is 4.16. The summed E-state index contributed by atoms with van der Waals surface area (Å²) in [7, 11) is 1.49. The molecule has 0 heterocycles. The van der Waals surface area contributed by atoms with Crippen LogP contribution in [0.4, 0.5) is 0 Å². The first-order valence-corrected chi connectivity index (χ1v) is 7.88. The third-order valence-electron chi connectivity index (χ3n) is 4.47. The van der Waals surface area contributed by atoms with E-state index in [4.69, 9.17) is 4.74 Å². The van der Waals surface area contributed by atoms with Crippen LogP contribution in [0.5, 0.6) is 0 Å². The van der Waals surface area contributed by atoms with Crippen LogP contribution in [-0.4, -0.2) is 13.1 Å². The van der Waals surface area contributed by atoms with E-state index in [-0.39, 0.29) is 11.9 Å². The molecule has 0 spiro atoms. The van der Waals surface area contributed by atoms with Crippen LogP contribution in [0, 0.1) is 11.8 Å². The van der Waals surface area contributed by atoms with Gasteiger partial charge in [0, 0.05) is 0 Å². The Kier molecular flexibility index (Phi) is 5.63. The van der Waals surface area contributed by atoms with E-state index in [9.17, 15) is 4.79 Å². The van der Waals surface area contributed by atoms with Crippen molar-refractivity contribution in [3.63, 3.8) is 0 Å². The van der Waals surface area contributed by atoms with Gasteiger partial charge in [-0.1, -0.05) is 37.6 Å². The highest BCUT2D eigenvalue weighted by atomic mass is 16.5. The van der Waals surface area contributed by atoms with E-state index in [1.807, 2.05) is 0 Å². The summed E-state index contributed by atoms with van der Waals surface area (Å²) in [4.78, 5) is 11.5. The first kappa shape index (κ1) is 15.1. The molecule has 0 unspecified atom stereocenters. The molecule has 0 aromatic heterocycles. The molecule has 2 nitrogen and oxygen atoms in total. The standard InChI is InChI=1S/C18H26O2/c1-3-4-14-5-7-15(8-6-14)13-16-9-11-17(12-10-16)18(19)20-2/h5-8,16-17H,3-4,9-13H2,1-2H3. The summed E-state index contributed by atoms with van der Waals surface area (Å²) in [6, 6.07) is 9.08. The number of benzene rings is 1. The zero-order valence-electron chi connectivity index (χ0n) is 12.7. The topological polar surface area (TPSA) is 26.3 Å². The number of hydrogen-bond acceptors (Lipinski definition) is 2. The summed E-state index contributed by atoms with van der Waals surface area (Å²) in [5.74, 6) is 0.850.